The molecule has 2 aromatic rings. The van der Waals surface area contributed by atoms with E-state index in [0.717, 1.165) is 47.4 Å². The van der Waals surface area contributed by atoms with Crippen LogP contribution >= 0.6 is 0 Å². The molecule has 0 fully saturated rings. The van der Waals surface area contributed by atoms with Crippen molar-refractivity contribution in [3.05, 3.63) is 76.4 Å². The first-order valence-corrected chi connectivity index (χ1v) is 10.6. The zero-order chi connectivity index (χ0) is 21.5. The van der Waals surface area contributed by atoms with Crippen molar-refractivity contribution in [2.45, 2.75) is 45.7 Å². The van der Waals surface area contributed by atoms with Gasteiger partial charge in [0, 0.05) is 32.0 Å². The monoisotopic (exact) mass is 407 g/mol. The summed E-state index contributed by atoms with van der Waals surface area (Å²) in [4.78, 5) is 11.6. The lowest BCUT2D eigenvalue weighted by Crippen LogP contribution is -2.34. The minimum atomic E-state index is -0.0117. The second kappa shape index (κ2) is 10.5. The molecule has 2 aromatic heterocycles. The Morgan fingerprint density at radius 3 is 2.73 bits per heavy atom. The van der Waals surface area contributed by atoms with Crippen molar-refractivity contribution in [1.82, 2.24) is 14.9 Å². The number of nitrogens with zero attached hydrogens (tertiary/aromatic N) is 3. The minimum Gasteiger partial charge on any atom is -0.397 e. The van der Waals surface area contributed by atoms with Crippen molar-refractivity contribution < 1.29 is 5.11 Å². The van der Waals surface area contributed by atoms with Gasteiger partial charge in [-0.3, -0.25) is 14.9 Å². The van der Waals surface area contributed by atoms with Crippen molar-refractivity contribution in [3.63, 3.8) is 0 Å². The molecule has 1 aliphatic carbocycles. The SMILES string of the molecule is C/C(CN(Cc1ncccc1N)C1CCCc2cccnc21)=C(\C=C(/C)CN)CO. The van der Waals surface area contributed by atoms with E-state index in [9.17, 15) is 5.11 Å². The van der Waals surface area contributed by atoms with Crippen LogP contribution in [0, 0.1) is 0 Å². The van der Waals surface area contributed by atoms with Crippen LogP contribution in [-0.2, 0) is 13.0 Å². The summed E-state index contributed by atoms with van der Waals surface area (Å²) in [6.45, 7) is 5.84. The summed E-state index contributed by atoms with van der Waals surface area (Å²) in [6.07, 6.45) is 8.88. The van der Waals surface area contributed by atoms with E-state index < -0.39 is 0 Å². The average molecular weight is 408 g/mol. The fraction of sp³-hybridized carbons (Fsp3) is 0.417. The number of aliphatic hydroxyl groups is 1. The molecule has 6 heteroatoms. The number of rotatable bonds is 8. The Hall–Kier alpha value is -2.54. The molecule has 0 radical (unpaired) electrons. The summed E-state index contributed by atoms with van der Waals surface area (Å²) in [5, 5.41) is 9.95. The lowest BCUT2D eigenvalue weighted by Gasteiger charge is -2.35. The van der Waals surface area contributed by atoms with Crippen molar-refractivity contribution in [2.24, 2.45) is 5.73 Å². The summed E-state index contributed by atoms with van der Waals surface area (Å²) >= 11 is 0. The Bertz CT molecular complexity index is 921. The number of nitrogen functional groups attached to an aromatic ring is 1. The van der Waals surface area contributed by atoms with Crippen molar-refractivity contribution in [3.8, 4) is 0 Å². The first kappa shape index (κ1) is 22.2. The zero-order valence-corrected chi connectivity index (χ0v) is 18.0. The number of aromatic nitrogens is 2. The van der Waals surface area contributed by atoms with Gasteiger partial charge in [0.1, 0.15) is 0 Å². The van der Waals surface area contributed by atoms with E-state index in [2.05, 4.69) is 22.9 Å². The van der Waals surface area contributed by atoms with Gasteiger partial charge in [-0.25, -0.2) is 0 Å². The molecule has 1 atom stereocenters. The lowest BCUT2D eigenvalue weighted by atomic mass is 9.90. The summed E-state index contributed by atoms with van der Waals surface area (Å²) in [7, 11) is 0. The molecule has 30 heavy (non-hydrogen) atoms. The molecule has 1 aliphatic rings. The third kappa shape index (κ3) is 5.33. The smallest absolute Gasteiger partial charge is 0.0773 e. The van der Waals surface area contributed by atoms with Crippen molar-refractivity contribution in [1.29, 1.82) is 0 Å². The molecule has 0 bridgehead atoms. The van der Waals surface area contributed by atoms with Crippen LogP contribution in [0.2, 0.25) is 0 Å². The molecule has 3 rings (SSSR count). The Morgan fingerprint density at radius 2 is 2.00 bits per heavy atom. The first-order valence-electron chi connectivity index (χ1n) is 10.6. The quantitative estimate of drug-likeness (QED) is 0.581. The van der Waals surface area contributed by atoms with Crippen molar-refractivity contribution in [2.75, 3.05) is 25.4 Å². The third-order valence-corrected chi connectivity index (χ3v) is 5.79. The lowest BCUT2D eigenvalue weighted by molar-refractivity contribution is 0.178. The number of anilines is 1. The van der Waals surface area contributed by atoms with Crippen molar-refractivity contribution >= 4 is 5.69 Å². The highest BCUT2D eigenvalue weighted by Gasteiger charge is 2.28. The van der Waals surface area contributed by atoms with Crippen LogP contribution < -0.4 is 11.5 Å². The molecule has 0 aliphatic heterocycles. The molecule has 0 amide bonds. The summed E-state index contributed by atoms with van der Waals surface area (Å²) in [5.41, 5.74) is 19.1. The number of aryl methyl sites for hydroxylation is 1. The summed E-state index contributed by atoms with van der Waals surface area (Å²) < 4.78 is 0. The third-order valence-electron chi connectivity index (χ3n) is 5.79. The van der Waals surface area contributed by atoms with E-state index in [0.29, 0.717) is 25.3 Å². The van der Waals surface area contributed by atoms with Gasteiger partial charge in [-0.05, 0) is 62.4 Å². The molecule has 1 unspecified atom stereocenters. The van der Waals surface area contributed by atoms with Crippen LogP contribution in [0.3, 0.4) is 0 Å². The highest BCUT2D eigenvalue weighted by atomic mass is 16.3. The fourth-order valence-corrected chi connectivity index (χ4v) is 4.06. The van der Waals surface area contributed by atoms with Gasteiger partial charge in [0.15, 0.2) is 0 Å². The van der Waals surface area contributed by atoms with Crippen LogP contribution in [0.5, 0.6) is 0 Å². The topological polar surface area (TPSA) is 101 Å². The molecule has 0 saturated carbocycles. The molecule has 0 aromatic carbocycles. The Kier molecular flexibility index (Phi) is 7.74. The van der Waals surface area contributed by atoms with Gasteiger partial charge in [-0.1, -0.05) is 23.3 Å². The highest BCUT2D eigenvalue weighted by molar-refractivity contribution is 5.42. The second-order valence-electron chi connectivity index (χ2n) is 8.06. The average Bonchev–Trinajstić information content (AvgIpc) is 2.77. The van der Waals surface area contributed by atoms with E-state index in [1.165, 1.54) is 5.56 Å². The maximum absolute atomic E-state index is 9.95. The number of aliphatic hydroxyl groups excluding tert-OH is 1. The maximum Gasteiger partial charge on any atom is 0.0773 e. The van der Waals surface area contributed by atoms with Crippen LogP contribution in [-0.4, -0.2) is 39.7 Å². The van der Waals surface area contributed by atoms with Gasteiger partial charge in [0.2, 0.25) is 0 Å². The number of fused-ring (bicyclic) bond motifs is 1. The van der Waals surface area contributed by atoms with Gasteiger partial charge in [-0.15, -0.1) is 0 Å². The predicted octanol–water partition coefficient (Wildman–Crippen LogP) is 3.15. The van der Waals surface area contributed by atoms with E-state index in [4.69, 9.17) is 16.5 Å². The maximum atomic E-state index is 9.95. The molecule has 6 nitrogen and oxygen atoms in total. The highest BCUT2D eigenvalue weighted by Crippen LogP contribution is 2.34. The van der Waals surface area contributed by atoms with Crippen LogP contribution in [0.15, 0.2) is 59.5 Å². The van der Waals surface area contributed by atoms with Crippen LogP contribution in [0.1, 0.15) is 49.7 Å². The van der Waals surface area contributed by atoms with Gasteiger partial charge in [-0.2, -0.15) is 0 Å². The fourth-order valence-electron chi connectivity index (χ4n) is 4.06. The van der Waals surface area contributed by atoms with Crippen LogP contribution in [0.4, 0.5) is 5.69 Å². The Labute approximate surface area is 179 Å². The molecule has 0 saturated heterocycles. The normalized spacial score (nSPS) is 17.6. The van der Waals surface area contributed by atoms with Crippen LogP contribution in [0.25, 0.3) is 0 Å². The number of hydrogen-bond acceptors (Lipinski definition) is 6. The number of nitrogens with two attached hydrogens (primary N) is 2. The largest absolute Gasteiger partial charge is 0.397 e. The number of hydrogen-bond donors (Lipinski definition) is 3. The molecule has 0 spiro atoms. The Morgan fingerprint density at radius 1 is 1.23 bits per heavy atom. The zero-order valence-electron chi connectivity index (χ0n) is 18.0. The van der Waals surface area contributed by atoms with E-state index in [1.807, 2.05) is 37.4 Å². The summed E-state index contributed by atoms with van der Waals surface area (Å²) in [5.74, 6) is 0. The van der Waals surface area contributed by atoms with Gasteiger partial charge >= 0.3 is 0 Å². The first-order chi connectivity index (χ1) is 14.5. The number of pyridine rings is 2. The van der Waals surface area contributed by atoms with E-state index in [-0.39, 0.29) is 12.6 Å². The Balaban J connectivity index is 1.97. The molecule has 2 heterocycles. The minimum absolute atomic E-state index is 0.0117. The van der Waals surface area contributed by atoms with Gasteiger partial charge < -0.3 is 16.6 Å². The van der Waals surface area contributed by atoms with E-state index >= 15 is 0 Å². The molecule has 5 N–H and O–H groups in total. The van der Waals surface area contributed by atoms with Gasteiger partial charge in [0.25, 0.3) is 0 Å². The second-order valence-corrected chi connectivity index (χ2v) is 8.06. The predicted molar refractivity (Wildman–Crippen MR) is 122 cm³/mol. The van der Waals surface area contributed by atoms with E-state index in [1.54, 1.807) is 6.20 Å². The molecule has 160 valence electrons. The molecular weight excluding hydrogens is 374 g/mol. The molecular formula is C24H33N5O. The standard InChI is InChI=1S/C24H33N5O/c1-17(13-25)12-20(16-30)18(2)14-29(15-22-21(26)8-5-10-27-22)23-9-3-6-19-7-4-11-28-24(19)23/h4-5,7-8,10-12,23,30H,3,6,9,13-16,25-26H2,1-2H3/b17-12+,20-18-. The van der Waals surface area contributed by atoms with Gasteiger partial charge in [0.05, 0.1) is 29.7 Å². The summed E-state index contributed by atoms with van der Waals surface area (Å²) in [6, 6.07) is 8.12.